The number of H-pyrrole nitrogens is 1. The average molecular weight is 558 g/mol. The Morgan fingerprint density at radius 3 is 2.15 bits per heavy atom. The molecule has 0 spiro atoms. The molecule has 0 bridgehead atoms. The van der Waals surface area contributed by atoms with Crippen LogP contribution in [0.5, 0.6) is 0 Å². The molecule has 1 heterocycles. The fourth-order valence-corrected chi connectivity index (χ4v) is 23.6. The molecule has 2 nitrogen and oxygen atoms in total. The van der Waals surface area contributed by atoms with Crippen LogP contribution in [-0.2, 0) is 0 Å². The van der Waals surface area contributed by atoms with Gasteiger partial charge in [-0.1, -0.05) is 0 Å². The van der Waals surface area contributed by atoms with Crippen molar-refractivity contribution in [2.24, 2.45) is 29.6 Å². The minimum absolute atomic E-state index is 0.0867. The summed E-state index contributed by atoms with van der Waals surface area (Å²) in [7, 11) is 0. The van der Waals surface area contributed by atoms with E-state index >= 15 is 0 Å². The summed E-state index contributed by atoms with van der Waals surface area (Å²) < 4.78 is 5.88. The second-order valence-electron chi connectivity index (χ2n) is 11.0. The number of carbonyl (C=O) groups excluding carboxylic acids is 1. The van der Waals surface area contributed by atoms with Crippen molar-refractivity contribution in [3.8, 4) is 0 Å². The molecule has 0 saturated heterocycles. The van der Waals surface area contributed by atoms with Gasteiger partial charge in [-0.3, -0.25) is 0 Å². The topological polar surface area (TPSA) is 32.9 Å². The Morgan fingerprint density at radius 2 is 1.64 bits per heavy atom. The number of aromatic amines is 1. The normalized spacial score (nSPS) is 27.0. The molecule has 0 amide bonds. The Balaban J connectivity index is 2.01. The van der Waals surface area contributed by atoms with E-state index in [4.69, 9.17) is 6.58 Å². The van der Waals surface area contributed by atoms with E-state index in [0.29, 0.717) is 17.6 Å². The van der Waals surface area contributed by atoms with Gasteiger partial charge in [0.05, 0.1) is 0 Å². The van der Waals surface area contributed by atoms with E-state index in [1.165, 1.54) is 71.1 Å². The molecule has 1 saturated carbocycles. The van der Waals surface area contributed by atoms with Crippen molar-refractivity contribution in [3.05, 3.63) is 46.3 Å². The first kappa shape index (κ1) is 26.8. The van der Waals surface area contributed by atoms with Gasteiger partial charge in [0.2, 0.25) is 0 Å². The summed E-state index contributed by atoms with van der Waals surface area (Å²) >= 11 is -2.65. The van der Waals surface area contributed by atoms with Crippen LogP contribution in [0.4, 0.5) is 0 Å². The van der Waals surface area contributed by atoms with Crippen molar-refractivity contribution >= 4 is 24.2 Å². The maximum absolute atomic E-state index is 14.0. The number of fused-ring (bicyclic) bond motifs is 1. The van der Waals surface area contributed by atoms with Gasteiger partial charge in [-0.25, -0.2) is 0 Å². The second kappa shape index (κ2) is 12.8. The van der Waals surface area contributed by atoms with Crippen LogP contribution < -0.4 is 0 Å². The van der Waals surface area contributed by atoms with Gasteiger partial charge >= 0.3 is 209 Å². The van der Waals surface area contributed by atoms with Crippen molar-refractivity contribution in [2.45, 2.75) is 98.8 Å². The maximum atomic E-state index is 14.0. The molecule has 3 rings (SSSR count). The fraction of sp³-hybridized carbons (Fsp3) is 0.700. The van der Waals surface area contributed by atoms with Crippen LogP contribution in [0.3, 0.4) is 0 Å². The molecular weight excluding hydrogens is 509 g/mol. The standard InChI is InChI=1S/C18H22NO.3C4H9.Sn/c1-3-12-7-10-15-14(12)9-8-13(4-2)17(15)18(20)16-6-5-11-19-16;3*1-3-4-2;/h5-6,8-9,11-15,17,19H,2-3,7,10H2,1H3;3*1,3-4H2,2H3;/t12-,13+,14+,15+,17+;;;;/m0..../s1. The Labute approximate surface area is 208 Å². The molecule has 2 aliphatic rings. The quantitative estimate of drug-likeness (QED) is 0.138. The van der Waals surface area contributed by atoms with Crippen LogP contribution in [0.2, 0.25) is 13.3 Å². The molecule has 0 aliphatic heterocycles. The Morgan fingerprint density at radius 1 is 1.00 bits per heavy atom. The number of unbranched alkanes of at least 4 members (excludes halogenated alkanes) is 3. The molecule has 1 aromatic heterocycles. The summed E-state index contributed by atoms with van der Waals surface area (Å²) in [5.41, 5.74) is 0.809. The molecule has 1 fully saturated rings. The van der Waals surface area contributed by atoms with Gasteiger partial charge in [0.15, 0.2) is 0 Å². The molecule has 0 unspecified atom stereocenters. The van der Waals surface area contributed by atoms with E-state index in [0.717, 1.165) is 11.6 Å². The first-order valence-electron chi connectivity index (χ1n) is 14.1. The summed E-state index contributed by atoms with van der Waals surface area (Å²) in [5.74, 6) is 2.51. The number of Topliss-reactive ketones (excluding diaryl/α,β-unsaturated/α-hetero) is 1. The van der Waals surface area contributed by atoms with Crippen molar-refractivity contribution in [1.29, 1.82) is 0 Å². The van der Waals surface area contributed by atoms with E-state index in [2.05, 4.69) is 44.8 Å². The predicted molar refractivity (Wildman–Crippen MR) is 145 cm³/mol. The molecule has 0 aromatic carbocycles. The van der Waals surface area contributed by atoms with Crippen LogP contribution in [0.1, 0.15) is 96.0 Å². The summed E-state index contributed by atoms with van der Waals surface area (Å²) in [6.45, 7) is 14.3. The number of allylic oxidation sites excluding steroid dienone is 3. The van der Waals surface area contributed by atoms with E-state index < -0.39 is 18.4 Å². The monoisotopic (exact) mass is 559 g/mol. The van der Waals surface area contributed by atoms with Crippen molar-refractivity contribution in [2.75, 3.05) is 0 Å². The Hall–Kier alpha value is -0.771. The number of hydrogen-bond acceptors (Lipinski definition) is 1. The first-order valence-corrected chi connectivity index (χ1v) is 21.6. The minimum atomic E-state index is -2.65. The molecule has 3 heteroatoms. The average Bonchev–Trinajstić information content (AvgIpc) is 3.52. The second-order valence-corrected chi connectivity index (χ2v) is 24.4. The van der Waals surface area contributed by atoms with Crippen molar-refractivity contribution < 1.29 is 4.79 Å². The van der Waals surface area contributed by atoms with Gasteiger partial charge < -0.3 is 0 Å². The first-order chi connectivity index (χ1) is 16.0. The molecule has 33 heavy (non-hydrogen) atoms. The zero-order valence-corrected chi connectivity index (χ0v) is 24.7. The van der Waals surface area contributed by atoms with Gasteiger partial charge in [-0.2, -0.15) is 0 Å². The Bertz CT molecular complexity index is 757. The third-order valence-corrected chi connectivity index (χ3v) is 25.2. The van der Waals surface area contributed by atoms with Gasteiger partial charge in [-0.05, 0) is 0 Å². The zero-order valence-electron chi connectivity index (χ0n) is 21.9. The summed E-state index contributed by atoms with van der Waals surface area (Å²) in [6.07, 6.45) is 18.5. The van der Waals surface area contributed by atoms with E-state index in [9.17, 15) is 4.79 Å². The zero-order chi connectivity index (χ0) is 23.8. The molecule has 1 N–H and O–H groups in total. The van der Waals surface area contributed by atoms with E-state index in [1.54, 1.807) is 3.59 Å². The molecule has 1 aromatic rings. The third-order valence-electron chi connectivity index (χ3n) is 9.10. The number of carbonyl (C=O) groups is 1. The van der Waals surface area contributed by atoms with Crippen LogP contribution >= 0.6 is 0 Å². The fourth-order valence-electron chi connectivity index (χ4n) is 7.08. The molecule has 2 aliphatic carbocycles. The molecule has 5 atom stereocenters. The number of ketones is 1. The third kappa shape index (κ3) is 5.90. The number of rotatable bonds is 14. The van der Waals surface area contributed by atoms with E-state index in [-0.39, 0.29) is 11.8 Å². The van der Waals surface area contributed by atoms with Crippen LogP contribution in [0.25, 0.3) is 0 Å². The van der Waals surface area contributed by atoms with Gasteiger partial charge in [-0.15, -0.1) is 0 Å². The predicted octanol–water partition coefficient (Wildman–Crippen LogP) is 9.00. The van der Waals surface area contributed by atoms with Crippen molar-refractivity contribution in [3.63, 3.8) is 0 Å². The summed E-state index contributed by atoms with van der Waals surface area (Å²) in [5, 5.41) is 0. The summed E-state index contributed by atoms with van der Waals surface area (Å²) in [4.78, 5) is 17.3. The Kier molecular flexibility index (Phi) is 10.4. The SMILES string of the molecule is C=[C]([C@@H]1C=C[C@@H]2[C@@H](CC)CC[C@H]2[C@@H]1C(=O)c1ccc[nH]1)[Sn]([CH2]CCC)([CH2]CCC)[CH2]CCC. The van der Waals surface area contributed by atoms with Gasteiger partial charge in [0.1, 0.15) is 0 Å². The van der Waals surface area contributed by atoms with Crippen LogP contribution in [-0.4, -0.2) is 29.1 Å². The molecular formula is C30H49NOSn. The molecule has 184 valence electrons. The number of nitrogens with one attached hydrogen (secondary N) is 1. The molecule has 0 radical (unpaired) electrons. The number of aromatic nitrogens is 1. The summed E-state index contributed by atoms with van der Waals surface area (Å²) in [6, 6.07) is 3.97. The van der Waals surface area contributed by atoms with Crippen molar-refractivity contribution in [1.82, 2.24) is 4.98 Å². The van der Waals surface area contributed by atoms with Gasteiger partial charge in [0.25, 0.3) is 0 Å². The van der Waals surface area contributed by atoms with Gasteiger partial charge in [0, 0.05) is 0 Å². The van der Waals surface area contributed by atoms with Crippen LogP contribution in [0.15, 0.2) is 40.6 Å². The van der Waals surface area contributed by atoms with Crippen LogP contribution in [0, 0.1) is 29.6 Å². The van der Waals surface area contributed by atoms with E-state index in [1.807, 2.05) is 18.3 Å². The number of hydrogen-bond donors (Lipinski definition) is 1.